The maximum atomic E-state index is 11.9. The van der Waals surface area contributed by atoms with Gasteiger partial charge in [0.25, 0.3) is 11.8 Å². The van der Waals surface area contributed by atoms with Crippen LogP contribution in [0.2, 0.25) is 0 Å². The van der Waals surface area contributed by atoms with E-state index in [4.69, 9.17) is 0 Å². The molecule has 0 saturated carbocycles. The zero-order valence-corrected chi connectivity index (χ0v) is 13.5. The van der Waals surface area contributed by atoms with Gasteiger partial charge in [0.1, 0.15) is 0 Å². The van der Waals surface area contributed by atoms with Gasteiger partial charge in [-0.05, 0) is 38.1 Å². The lowest BCUT2D eigenvalue weighted by Gasteiger charge is -2.04. The van der Waals surface area contributed by atoms with E-state index in [2.05, 4.69) is 21.1 Å². The number of carbonyl (C=O) groups excluding carboxylic acids is 2. The Bertz CT molecular complexity index is 701. The molecule has 0 unspecified atom stereocenters. The number of hydrazone groups is 2. The summed E-state index contributed by atoms with van der Waals surface area (Å²) in [4.78, 5) is 23.8. The molecule has 0 spiro atoms. The van der Waals surface area contributed by atoms with Gasteiger partial charge in [0.15, 0.2) is 0 Å². The Kier molecular flexibility index (Phi) is 5.96. The largest absolute Gasteiger partial charge is 0.271 e. The second-order valence-electron chi connectivity index (χ2n) is 5.01. The number of carbonyl (C=O) groups is 2. The first-order valence-electron chi connectivity index (χ1n) is 7.37. The van der Waals surface area contributed by atoms with Crippen molar-refractivity contribution in [3.8, 4) is 0 Å². The first kappa shape index (κ1) is 17.1. The van der Waals surface area contributed by atoms with Crippen molar-refractivity contribution in [3.05, 3.63) is 71.8 Å². The summed E-state index contributed by atoms with van der Waals surface area (Å²) in [6.07, 6.45) is 0. The lowest BCUT2D eigenvalue weighted by Crippen LogP contribution is -2.24. The smallest absolute Gasteiger partial charge is 0.267 e. The van der Waals surface area contributed by atoms with Gasteiger partial charge in [-0.15, -0.1) is 0 Å². The standard InChI is InChI=1S/C18H18N4O2/c1-13(19-21-17(23)15-9-5-3-6-10-15)14(2)20-22-18(24)16-11-7-4-8-12-16/h3-12H,1-2H3,(H,21,23)(H,22,24)/b19-13-,20-14?. The molecule has 2 rings (SSSR count). The minimum absolute atomic E-state index is 0.309. The van der Waals surface area contributed by atoms with E-state index in [0.717, 1.165) is 0 Å². The number of nitrogens with zero attached hydrogens (tertiary/aromatic N) is 2. The van der Waals surface area contributed by atoms with E-state index in [1.165, 1.54) is 0 Å². The Morgan fingerprint density at radius 1 is 0.667 bits per heavy atom. The molecular weight excluding hydrogens is 304 g/mol. The van der Waals surface area contributed by atoms with Crippen LogP contribution in [0.15, 0.2) is 70.9 Å². The van der Waals surface area contributed by atoms with Gasteiger partial charge in [-0.2, -0.15) is 10.2 Å². The van der Waals surface area contributed by atoms with Gasteiger partial charge >= 0.3 is 0 Å². The Balaban J connectivity index is 1.94. The van der Waals surface area contributed by atoms with Crippen molar-refractivity contribution in [1.29, 1.82) is 0 Å². The number of amides is 2. The molecule has 122 valence electrons. The molecular formula is C18H18N4O2. The van der Waals surface area contributed by atoms with Crippen LogP contribution in [0.3, 0.4) is 0 Å². The summed E-state index contributed by atoms with van der Waals surface area (Å²) < 4.78 is 0. The van der Waals surface area contributed by atoms with Crippen LogP contribution >= 0.6 is 0 Å². The first-order chi connectivity index (χ1) is 11.6. The van der Waals surface area contributed by atoms with E-state index in [-0.39, 0.29) is 11.8 Å². The third kappa shape index (κ3) is 4.88. The van der Waals surface area contributed by atoms with Crippen molar-refractivity contribution < 1.29 is 9.59 Å². The van der Waals surface area contributed by atoms with E-state index >= 15 is 0 Å². The fourth-order valence-electron chi connectivity index (χ4n) is 1.74. The summed E-state index contributed by atoms with van der Waals surface area (Å²) in [5, 5.41) is 7.97. The van der Waals surface area contributed by atoms with Crippen LogP contribution in [-0.4, -0.2) is 23.2 Å². The topological polar surface area (TPSA) is 82.9 Å². The predicted octanol–water partition coefficient (Wildman–Crippen LogP) is 2.60. The fourth-order valence-corrected chi connectivity index (χ4v) is 1.74. The van der Waals surface area contributed by atoms with E-state index in [1.807, 2.05) is 12.1 Å². The molecule has 0 heterocycles. The third-order valence-corrected chi connectivity index (χ3v) is 3.25. The van der Waals surface area contributed by atoms with Crippen LogP contribution in [0.5, 0.6) is 0 Å². The number of hydrogen-bond acceptors (Lipinski definition) is 4. The fraction of sp³-hybridized carbons (Fsp3) is 0.111. The molecule has 0 aliphatic heterocycles. The van der Waals surface area contributed by atoms with E-state index < -0.39 is 0 Å². The minimum Gasteiger partial charge on any atom is -0.267 e. The van der Waals surface area contributed by atoms with Crippen LogP contribution in [0.25, 0.3) is 0 Å². The normalized spacial score (nSPS) is 11.8. The Labute approximate surface area is 140 Å². The first-order valence-corrected chi connectivity index (χ1v) is 7.37. The minimum atomic E-state index is -0.309. The Morgan fingerprint density at radius 2 is 1.00 bits per heavy atom. The third-order valence-electron chi connectivity index (χ3n) is 3.25. The van der Waals surface area contributed by atoms with Crippen LogP contribution in [0, 0.1) is 0 Å². The van der Waals surface area contributed by atoms with Crippen molar-refractivity contribution >= 4 is 23.2 Å². The maximum Gasteiger partial charge on any atom is 0.271 e. The van der Waals surface area contributed by atoms with Gasteiger partial charge < -0.3 is 0 Å². The van der Waals surface area contributed by atoms with Gasteiger partial charge in [-0.3, -0.25) is 9.59 Å². The van der Waals surface area contributed by atoms with E-state index in [1.54, 1.807) is 62.4 Å². The molecule has 24 heavy (non-hydrogen) atoms. The van der Waals surface area contributed by atoms with E-state index in [9.17, 15) is 9.59 Å². The van der Waals surface area contributed by atoms with Gasteiger partial charge in [0.2, 0.25) is 0 Å². The molecule has 0 bridgehead atoms. The van der Waals surface area contributed by atoms with E-state index in [0.29, 0.717) is 22.6 Å². The second-order valence-corrected chi connectivity index (χ2v) is 5.01. The molecule has 2 aromatic carbocycles. The molecule has 0 saturated heterocycles. The monoisotopic (exact) mass is 322 g/mol. The summed E-state index contributed by atoms with van der Waals surface area (Å²) in [6.45, 7) is 3.39. The number of hydrogen-bond donors (Lipinski definition) is 2. The van der Waals surface area contributed by atoms with Crippen molar-refractivity contribution in [2.45, 2.75) is 13.8 Å². The van der Waals surface area contributed by atoms with Gasteiger partial charge in [-0.25, -0.2) is 10.9 Å². The van der Waals surface area contributed by atoms with Crippen molar-refractivity contribution in [2.24, 2.45) is 10.2 Å². The summed E-state index contributed by atoms with van der Waals surface area (Å²) >= 11 is 0. The summed E-state index contributed by atoms with van der Waals surface area (Å²) in [6, 6.07) is 17.5. The molecule has 0 aliphatic rings. The van der Waals surface area contributed by atoms with Gasteiger partial charge in [0, 0.05) is 11.1 Å². The SMILES string of the molecule is CC(=NNC(=O)c1ccccc1)/C(C)=N\NC(=O)c1ccccc1. The molecule has 0 aromatic heterocycles. The summed E-state index contributed by atoms with van der Waals surface area (Å²) in [5.74, 6) is -0.618. The van der Waals surface area contributed by atoms with Gasteiger partial charge in [0.05, 0.1) is 11.4 Å². The molecule has 6 nitrogen and oxygen atoms in total. The number of rotatable bonds is 5. The lowest BCUT2D eigenvalue weighted by molar-refractivity contribution is 0.0946. The molecule has 2 amide bonds. The highest BCUT2D eigenvalue weighted by Gasteiger charge is 2.06. The van der Waals surface area contributed by atoms with Crippen molar-refractivity contribution in [3.63, 3.8) is 0 Å². The molecule has 0 aliphatic carbocycles. The van der Waals surface area contributed by atoms with Crippen LogP contribution in [-0.2, 0) is 0 Å². The second kappa shape index (κ2) is 8.38. The zero-order valence-electron chi connectivity index (χ0n) is 13.5. The quantitative estimate of drug-likeness (QED) is 0.655. The average Bonchev–Trinajstić information content (AvgIpc) is 2.64. The molecule has 0 fully saturated rings. The highest BCUT2D eigenvalue weighted by Crippen LogP contribution is 1.99. The van der Waals surface area contributed by atoms with Gasteiger partial charge in [-0.1, -0.05) is 36.4 Å². The molecule has 2 aromatic rings. The van der Waals surface area contributed by atoms with Crippen molar-refractivity contribution in [1.82, 2.24) is 10.9 Å². The average molecular weight is 322 g/mol. The zero-order chi connectivity index (χ0) is 17.4. The Morgan fingerprint density at radius 3 is 1.33 bits per heavy atom. The summed E-state index contributed by atoms with van der Waals surface area (Å²) in [5.41, 5.74) is 6.92. The molecule has 6 heteroatoms. The molecule has 0 radical (unpaired) electrons. The highest BCUT2D eigenvalue weighted by molar-refractivity contribution is 6.40. The maximum absolute atomic E-state index is 11.9. The molecule has 0 atom stereocenters. The van der Waals surface area contributed by atoms with Crippen LogP contribution in [0.4, 0.5) is 0 Å². The number of benzene rings is 2. The van der Waals surface area contributed by atoms with Crippen molar-refractivity contribution in [2.75, 3.05) is 0 Å². The highest BCUT2D eigenvalue weighted by atomic mass is 16.2. The number of nitrogens with one attached hydrogen (secondary N) is 2. The Hall–Kier alpha value is -3.28. The predicted molar refractivity (Wildman–Crippen MR) is 94.0 cm³/mol. The molecule has 2 N–H and O–H groups in total. The summed E-state index contributed by atoms with van der Waals surface area (Å²) in [7, 11) is 0. The lowest BCUT2D eigenvalue weighted by atomic mass is 10.2. The van der Waals surface area contributed by atoms with Crippen LogP contribution in [0.1, 0.15) is 34.6 Å². The van der Waals surface area contributed by atoms with Crippen LogP contribution < -0.4 is 10.9 Å².